The lowest BCUT2D eigenvalue weighted by atomic mass is 10.0. The zero-order chi connectivity index (χ0) is 17.4. The summed E-state index contributed by atoms with van der Waals surface area (Å²) in [6.07, 6.45) is -0.335. The minimum absolute atomic E-state index is 0.150. The number of aliphatic carboxylic acids is 1. The van der Waals surface area contributed by atoms with Gasteiger partial charge in [0.1, 0.15) is 6.61 Å². The Bertz CT molecular complexity index is 668. The maximum atomic E-state index is 11.9. The number of nitrogens with one attached hydrogen (secondary N) is 1. The summed E-state index contributed by atoms with van der Waals surface area (Å²) in [7, 11) is 0. The van der Waals surface area contributed by atoms with Gasteiger partial charge in [-0.2, -0.15) is 0 Å². The Labute approximate surface area is 141 Å². The average Bonchev–Trinajstić information content (AvgIpc) is 2.55. The fourth-order valence-electron chi connectivity index (χ4n) is 2.33. The second kappa shape index (κ2) is 8.72. The van der Waals surface area contributed by atoms with Gasteiger partial charge in [-0.25, -0.2) is 4.79 Å². The van der Waals surface area contributed by atoms with Crippen LogP contribution in [0, 0.1) is 6.92 Å². The molecule has 0 fully saturated rings. The van der Waals surface area contributed by atoms with Crippen LogP contribution in [-0.2, 0) is 22.6 Å². The fourth-order valence-corrected chi connectivity index (χ4v) is 2.33. The van der Waals surface area contributed by atoms with Gasteiger partial charge >= 0.3 is 12.1 Å². The standard InChI is InChI=1S/C19H21NO4/c1-14-7-9-15(10-8-14)11-17(12-18(21)22)20-19(23)24-13-16-5-3-2-4-6-16/h2-10,17H,11-13H2,1H3,(H,20,23)(H,21,22)/t17-/m1/s1. The van der Waals surface area contributed by atoms with Gasteiger partial charge in [0.25, 0.3) is 0 Å². The van der Waals surface area contributed by atoms with Gasteiger partial charge in [0.05, 0.1) is 6.42 Å². The molecule has 0 aromatic heterocycles. The van der Waals surface area contributed by atoms with Gasteiger partial charge in [-0.3, -0.25) is 4.79 Å². The lowest BCUT2D eigenvalue weighted by Crippen LogP contribution is -2.38. The van der Waals surface area contributed by atoms with E-state index in [4.69, 9.17) is 9.84 Å². The second-order valence-corrected chi connectivity index (χ2v) is 5.69. The number of rotatable bonds is 7. The molecule has 5 nitrogen and oxygen atoms in total. The topological polar surface area (TPSA) is 75.6 Å². The van der Waals surface area contributed by atoms with Crippen molar-refractivity contribution in [3.63, 3.8) is 0 Å². The van der Waals surface area contributed by atoms with Crippen LogP contribution in [0.5, 0.6) is 0 Å². The first-order valence-electron chi connectivity index (χ1n) is 7.77. The fraction of sp³-hybridized carbons (Fsp3) is 0.263. The number of aryl methyl sites for hydroxylation is 1. The molecule has 2 aromatic carbocycles. The molecule has 0 saturated carbocycles. The summed E-state index contributed by atoms with van der Waals surface area (Å²) in [6, 6.07) is 16.6. The van der Waals surface area contributed by atoms with Crippen molar-refractivity contribution in [3.8, 4) is 0 Å². The molecule has 0 aliphatic rings. The van der Waals surface area contributed by atoms with Crippen molar-refractivity contribution in [2.45, 2.75) is 32.4 Å². The normalized spacial score (nSPS) is 11.5. The number of amides is 1. The van der Waals surface area contributed by atoms with Crippen LogP contribution in [0.15, 0.2) is 54.6 Å². The van der Waals surface area contributed by atoms with Crippen molar-refractivity contribution in [2.75, 3.05) is 0 Å². The highest BCUT2D eigenvalue weighted by Crippen LogP contribution is 2.09. The molecule has 0 unspecified atom stereocenters. The quantitative estimate of drug-likeness (QED) is 0.818. The number of carbonyl (C=O) groups is 2. The Morgan fingerprint density at radius 2 is 1.71 bits per heavy atom. The first-order chi connectivity index (χ1) is 11.5. The number of carboxylic acid groups (broad SMARTS) is 1. The van der Waals surface area contributed by atoms with Crippen molar-refractivity contribution in [1.82, 2.24) is 5.32 Å². The van der Waals surface area contributed by atoms with Crippen LogP contribution < -0.4 is 5.32 Å². The molecule has 0 radical (unpaired) electrons. The molecular formula is C19H21NO4. The minimum Gasteiger partial charge on any atom is -0.481 e. The largest absolute Gasteiger partial charge is 0.481 e. The van der Waals surface area contributed by atoms with Crippen molar-refractivity contribution >= 4 is 12.1 Å². The van der Waals surface area contributed by atoms with Crippen LogP contribution in [0.3, 0.4) is 0 Å². The highest BCUT2D eigenvalue weighted by molar-refractivity contribution is 5.71. The van der Waals surface area contributed by atoms with Gasteiger partial charge < -0.3 is 15.2 Å². The molecule has 0 saturated heterocycles. The summed E-state index contributed by atoms with van der Waals surface area (Å²) >= 11 is 0. The van der Waals surface area contributed by atoms with Crippen molar-refractivity contribution in [2.24, 2.45) is 0 Å². The molecule has 0 heterocycles. The van der Waals surface area contributed by atoms with E-state index in [1.165, 1.54) is 0 Å². The molecule has 0 aliphatic carbocycles. The predicted molar refractivity (Wildman–Crippen MR) is 90.7 cm³/mol. The van der Waals surface area contributed by atoms with Crippen molar-refractivity contribution in [1.29, 1.82) is 0 Å². The van der Waals surface area contributed by atoms with Gasteiger partial charge in [-0.15, -0.1) is 0 Å². The molecule has 24 heavy (non-hydrogen) atoms. The zero-order valence-corrected chi connectivity index (χ0v) is 13.6. The molecular weight excluding hydrogens is 306 g/mol. The van der Waals surface area contributed by atoms with Gasteiger partial charge in [-0.05, 0) is 24.5 Å². The Hall–Kier alpha value is -2.82. The number of benzene rings is 2. The van der Waals surface area contributed by atoms with E-state index >= 15 is 0 Å². The van der Waals surface area contributed by atoms with Gasteiger partial charge in [0.15, 0.2) is 0 Å². The Morgan fingerprint density at radius 1 is 1.04 bits per heavy atom. The Morgan fingerprint density at radius 3 is 2.33 bits per heavy atom. The maximum Gasteiger partial charge on any atom is 0.407 e. The third-order valence-electron chi connectivity index (χ3n) is 3.56. The first kappa shape index (κ1) is 17.5. The van der Waals surface area contributed by atoms with E-state index in [9.17, 15) is 9.59 Å². The SMILES string of the molecule is Cc1ccc(C[C@H](CC(=O)O)NC(=O)OCc2ccccc2)cc1. The summed E-state index contributed by atoms with van der Waals surface area (Å²) in [4.78, 5) is 22.9. The molecule has 0 bridgehead atoms. The van der Waals surface area contributed by atoms with Crippen molar-refractivity contribution in [3.05, 3.63) is 71.3 Å². The molecule has 5 heteroatoms. The Balaban J connectivity index is 1.91. The smallest absolute Gasteiger partial charge is 0.407 e. The average molecular weight is 327 g/mol. The van der Waals surface area contributed by atoms with E-state index in [2.05, 4.69) is 5.32 Å². The minimum atomic E-state index is -0.963. The zero-order valence-electron chi connectivity index (χ0n) is 13.6. The third kappa shape index (κ3) is 6.12. The summed E-state index contributed by atoms with van der Waals surface area (Å²) in [6.45, 7) is 2.13. The summed E-state index contributed by atoms with van der Waals surface area (Å²) in [5.41, 5.74) is 2.97. The molecule has 1 amide bonds. The number of carboxylic acids is 1. The van der Waals surface area contributed by atoms with Crippen LogP contribution in [0.2, 0.25) is 0 Å². The highest BCUT2D eigenvalue weighted by Gasteiger charge is 2.17. The third-order valence-corrected chi connectivity index (χ3v) is 3.56. The predicted octanol–water partition coefficient (Wildman–Crippen LogP) is 3.31. The number of carbonyl (C=O) groups excluding carboxylic acids is 1. The van der Waals surface area contributed by atoms with E-state index < -0.39 is 18.1 Å². The second-order valence-electron chi connectivity index (χ2n) is 5.69. The van der Waals surface area contributed by atoms with Gasteiger partial charge in [0, 0.05) is 6.04 Å². The molecule has 1 atom stereocenters. The summed E-state index contributed by atoms with van der Waals surface area (Å²) < 4.78 is 5.15. The van der Waals surface area contributed by atoms with E-state index in [0.29, 0.717) is 6.42 Å². The number of hydrogen-bond acceptors (Lipinski definition) is 3. The number of alkyl carbamates (subject to hydrolysis) is 1. The molecule has 0 spiro atoms. The van der Waals surface area contributed by atoms with E-state index in [-0.39, 0.29) is 13.0 Å². The molecule has 2 rings (SSSR count). The highest BCUT2D eigenvalue weighted by atomic mass is 16.5. The summed E-state index contributed by atoms with van der Waals surface area (Å²) in [5.74, 6) is -0.963. The first-order valence-corrected chi connectivity index (χ1v) is 7.77. The van der Waals surface area contributed by atoms with E-state index in [1.807, 2.05) is 61.5 Å². The summed E-state index contributed by atoms with van der Waals surface area (Å²) in [5, 5.41) is 11.7. The monoisotopic (exact) mass is 327 g/mol. The van der Waals surface area contributed by atoms with Crippen LogP contribution in [0.1, 0.15) is 23.1 Å². The van der Waals surface area contributed by atoms with Crippen LogP contribution in [-0.4, -0.2) is 23.2 Å². The number of hydrogen-bond donors (Lipinski definition) is 2. The van der Waals surface area contributed by atoms with Crippen LogP contribution in [0.4, 0.5) is 4.79 Å². The lowest BCUT2D eigenvalue weighted by Gasteiger charge is -2.17. The molecule has 126 valence electrons. The molecule has 0 aliphatic heterocycles. The Kier molecular flexibility index (Phi) is 6.37. The van der Waals surface area contributed by atoms with Gasteiger partial charge in [-0.1, -0.05) is 60.2 Å². The number of ether oxygens (including phenoxy) is 1. The maximum absolute atomic E-state index is 11.9. The van der Waals surface area contributed by atoms with Gasteiger partial charge in [0.2, 0.25) is 0 Å². The molecule has 2 aromatic rings. The molecule has 2 N–H and O–H groups in total. The van der Waals surface area contributed by atoms with Crippen molar-refractivity contribution < 1.29 is 19.4 Å². The van der Waals surface area contributed by atoms with E-state index in [0.717, 1.165) is 16.7 Å². The van der Waals surface area contributed by atoms with Crippen LogP contribution in [0.25, 0.3) is 0 Å². The van der Waals surface area contributed by atoms with Crippen LogP contribution >= 0.6 is 0 Å². The van der Waals surface area contributed by atoms with E-state index in [1.54, 1.807) is 0 Å². The lowest BCUT2D eigenvalue weighted by molar-refractivity contribution is -0.137.